The summed E-state index contributed by atoms with van der Waals surface area (Å²) >= 11 is 7.19. The van der Waals surface area contributed by atoms with Crippen LogP contribution in [0.4, 0.5) is 0 Å². The van der Waals surface area contributed by atoms with E-state index in [9.17, 15) is 18.3 Å². The standard InChI is InChI=1S/C18H13ClO5S2/c19-17-14(12-4-2-1-3-5-12)9-16(25-17)26(23,24)10-11-6-7-13(18(21)22)15(20)8-11/h1-9,20H,10H2,(H,21,22). The molecule has 0 aliphatic rings. The highest BCUT2D eigenvalue weighted by Crippen LogP contribution is 2.38. The third-order valence-electron chi connectivity index (χ3n) is 3.70. The van der Waals surface area contributed by atoms with Crippen molar-refractivity contribution in [3.05, 3.63) is 70.1 Å². The number of hydrogen-bond acceptors (Lipinski definition) is 5. The Morgan fingerprint density at radius 3 is 2.38 bits per heavy atom. The number of carboxylic acid groups (broad SMARTS) is 1. The highest BCUT2D eigenvalue weighted by atomic mass is 35.5. The fourth-order valence-corrected chi connectivity index (χ4v) is 5.64. The van der Waals surface area contributed by atoms with Gasteiger partial charge in [0.2, 0.25) is 0 Å². The Kier molecular flexibility index (Phi) is 5.04. The first-order valence-electron chi connectivity index (χ1n) is 7.40. The van der Waals surface area contributed by atoms with E-state index in [0.717, 1.165) is 23.0 Å². The lowest BCUT2D eigenvalue weighted by Gasteiger charge is -2.05. The van der Waals surface area contributed by atoms with Gasteiger partial charge in [-0.25, -0.2) is 13.2 Å². The average molecular weight is 409 g/mol. The SMILES string of the molecule is O=C(O)c1ccc(CS(=O)(=O)c2cc(-c3ccccc3)c(Cl)s2)cc1O. The molecule has 0 bridgehead atoms. The van der Waals surface area contributed by atoms with E-state index in [1.807, 2.05) is 30.3 Å². The summed E-state index contributed by atoms with van der Waals surface area (Å²) in [6, 6.07) is 14.4. The van der Waals surface area contributed by atoms with Gasteiger partial charge in [0, 0.05) is 5.56 Å². The molecule has 26 heavy (non-hydrogen) atoms. The molecule has 0 fully saturated rings. The van der Waals surface area contributed by atoms with Crippen molar-refractivity contribution in [1.82, 2.24) is 0 Å². The molecule has 0 radical (unpaired) electrons. The summed E-state index contributed by atoms with van der Waals surface area (Å²) in [5.74, 6) is -2.13. The molecule has 2 aromatic carbocycles. The zero-order valence-electron chi connectivity index (χ0n) is 13.2. The summed E-state index contributed by atoms with van der Waals surface area (Å²) in [6.07, 6.45) is 0. The van der Waals surface area contributed by atoms with Gasteiger partial charge in [-0.1, -0.05) is 48.0 Å². The van der Waals surface area contributed by atoms with Crippen LogP contribution >= 0.6 is 22.9 Å². The molecular weight excluding hydrogens is 396 g/mol. The summed E-state index contributed by atoms with van der Waals surface area (Å²) in [6.45, 7) is 0. The topological polar surface area (TPSA) is 91.7 Å². The molecule has 0 saturated carbocycles. The maximum absolute atomic E-state index is 12.7. The molecular formula is C18H13ClO5S2. The number of carboxylic acids is 1. The molecule has 134 valence electrons. The van der Waals surface area contributed by atoms with Gasteiger partial charge in [0.05, 0.1) is 5.75 Å². The van der Waals surface area contributed by atoms with Crippen molar-refractivity contribution < 1.29 is 23.4 Å². The first kappa shape index (κ1) is 18.4. The van der Waals surface area contributed by atoms with E-state index in [1.54, 1.807) is 0 Å². The van der Waals surface area contributed by atoms with Crippen LogP contribution in [0, 0.1) is 0 Å². The van der Waals surface area contributed by atoms with Gasteiger partial charge >= 0.3 is 5.97 Å². The number of hydrogen-bond donors (Lipinski definition) is 2. The Bertz CT molecular complexity index is 1070. The van der Waals surface area contributed by atoms with Crippen LogP contribution in [0.15, 0.2) is 58.8 Å². The summed E-state index contributed by atoms with van der Waals surface area (Å²) in [4.78, 5) is 10.9. The van der Waals surface area contributed by atoms with E-state index in [4.69, 9.17) is 16.7 Å². The van der Waals surface area contributed by atoms with Gasteiger partial charge in [0.1, 0.15) is 19.9 Å². The second-order valence-corrected chi connectivity index (χ2v) is 9.41. The fraction of sp³-hybridized carbons (Fsp3) is 0.0556. The highest BCUT2D eigenvalue weighted by molar-refractivity contribution is 7.92. The number of phenols is 1. The van der Waals surface area contributed by atoms with Crippen LogP contribution < -0.4 is 0 Å². The molecule has 0 amide bonds. The number of aromatic carboxylic acids is 1. The van der Waals surface area contributed by atoms with E-state index in [2.05, 4.69) is 0 Å². The molecule has 1 heterocycles. The van der Waals surface area contributed by atoms with Crippen LogP contribution in [0.25, 0.3) is 11.1 Å². The van der Waals surface area contributed by atoms with Crippen molar-refractivity contribution in [3.8, 4) is 16.9 Å². The van der Waals surface area contributed by atoms with E-state index in [0.29, 0.717) is 15.5 Å². The van der Waals surface area contributed by atoms with Crippen molar-refractivity contribution in [2.45, 2.75) is 9.96 Å². The molecule has 0 atom stereocenters. The summed E-state index contributed by atoms with van der Waals surface area (Å²) in [5.41, 5.74) is 1.47. The minimum Gasteiger partial charge on any atom is -0.507 e. The number of sulfone groups is 1. The minimum absolute atomic E-state index is 0.114. The number of carbonyl (C=O) groups is 1. The first-order valence-corrected chi connectivity index (χ1v) is 10.3. The van der Waals surface area contributed by atoms with Gasteiger partial charge in [-0.15, -0.1) is 11.3 Å². The second-order valence-electron chi connectivity index (χ2n) is 5.53. The Labute approximate surface area is 159 Å². The third kappa shape index (κ3) is 3.75. The molecule has 3 aromatic rings. The molecule has 5 nitrogen and oxygen atoms in total. The average Bonchev–Trinajstić information content (AvgIpc) is 2.98. The smallest absolute Gasteiger partial charge is 0.339 e. The maximum atomic E-state index is 12.7. The van der Waals surface area contributed by atoms with Crippen LogP contribution in [0.1, 0.15) is 15.9 Å². The molecule has 3 rings (SSSR count). The largest absolute Gasteiger partial charge is 0.507 e. The zero-order chi connectivity index (χ0) is 18.9. The molecule has 8 heteroatoms. The van der Waals surface area contributed by atoms with E-state index < -0.39 is 21.6 Å². The number of thiophene rings is 1. The monoisotopic (exact) mass is 408 g/mol. The van der Waals surface area contributed by atoms with Gasteiger partial charge in [-0.05, 0) is 29.3 Å². The van der Waals surface area contributed by atoms with Crippen LogP contribution in [-0.4, -0.2) is 24.6 Å². The van der Waals surface area contributed by atoms with E-state index >= 15 is 0 Å². The van der Waals surface area contributed by atoms with Gasteiger partial charge in [-0.3, -0.25) is 0 Å². The predicted octanol–water partition coefficient (Wildman–Crippen LogP) is 4.45. The Hall–Kier alpha value is -2.35. The third-order valence-corrected chi connectivity index (χ3v) is 7.31. The number of benzene rings is 2. The summed E-state index contributed by atoms with van der Waals surface area (Å²) < 4.78 is 25.9. The Morgan fingerprint density at radius 1 is 1.08 bits per heavy atom. The van der Waals surface area contributed by atoms with Gasteiger partial charge in [-0.2, -0.15) is 0 Å². The number of rotatable bonds is 5. The minimum atomic E-state index is -3.70. The van der Waals surface area contributed by atoms with E-state index in [-0.39, 0.29) is 15.5 Å². The van der Waals surface area contributed by atoms with Crippen LogP contribution in [-0.2, 0) is 15.6 Å². The molecule has 0 aliphatic carbocycles. The first-order chi connectivity index (χ1) is 12.3. The molecule has 2 N–H and O–H groups in total. The van der Waals surface area contributed by atoms with Crippen molar-refractivity contribution in [1.29, 1.82) is 0 Å². The molecule has 0 aliphatic heterocycles. The van der Waals surface area contributed by atoms with Crippen molar-refractivity contribution in [2.75, 3.05) is 0 Å². The lowest BCUT2D eigenvalue weighted by atomic mass is 10.1. The van der Waals surface area contributed by atoms with Gasteiger partial charge in [0.15, 0.2) is 9.84 Å². The lowest BCUT2D eigenvalue weighted by molar-refractivity contribution is 0.0693. The predicted molar refractivity (Wildman–Crippen MR) is 101 cm³/mol. The second kappa shape index (κ2) is 7.11. The van der Waals surface area contributed by atoms with Crippen LogP contribution in [0.2, 0.25) is 4.34 Å². The number of halogens is 1. The Balaban J connectivity index is 1.92. The van der Waals surface area contributed by atoms with Crippen molar-refractivity contribution in [3.63, 3.8) is 0 Å². The van der Waals surface area contributed by atoms with Crippen LogP contribution in [0.3, 0.4) is 0 Å². The molecule has 0 saturated heterocycles. The van der Waals surface area contributed by atoms with Gasteiger partial charge in [0.25, 0.3) is 0 Å². The van der Waals surface area contributed by atoms with Gasteiger partial charge < -0.3 is 10.2 Å². The number of aromatic hydroxyl groups is 1. The maximum Gasteiger partial charge on any atom is 0.339 e. The van der Waals surface area contributed by atoms with Crippen molar-refractivity contribution in [2.24, 2.45) is 0 Å². The molecule has 0 spiro atoms. The normalized spacial score (nSPS) is 11.4. The summed E-state index contributed by atoms with van der Waals surface area (Å²) in [7, 11) is -3.70. The zero-order valence-corrected chi connectivity index (χ0v) is 15.6. The molecule has 0 unspecified atom stereocenters. The highest BCUT2D eigenvalue weighted by Gasteiger charge is 2.22. The molecule has 1 aromatic heterocycles. The van der Waals surface area contributed by atoms with E-state index in [1.165, 1.54) is 18.2 Å². The fourth-order valence-electron chi connectivity index (χ4n) is 2.45. The van der Waals surface area contributed by atoms with Crippen molar-refractivity contribution >= 4 is 38.7 Å². The quantitative estimate of drug-likeness (QED) is 0.650. The lowest BCUT2D eigenvalue weighted by Crippen LogP contribution is -2.04. The Morgan fingerprint density at radius 2 is 1.77 bits per heavy atom. The summed E-state index contributed by atoms with van der Waals surface area (Å²) in [5, 5.41) is 18.6. The van der Waals surface area contributed by atoms with Crippen LogP contribution in [0.5, 0.6) is 5.75 Å².